The van der Waals surface area contributed by atoms with E-state index in [1.54, 1.807) is 0 Å². The molecule has 6 nitrogen and oxygen atoms in total. The van der Waals surface area contributed by atoms with E-state index in [2.05, 4.69) is 414 Å². The van der Waals surface area contributed by atoms with E-state index in [1.807, 2.05) is 86.2 Å². The summed E-state index contributed by atoms with van der Waals surface area (Å²) in [6, 6.07) is 153. The van der Waals surface area contributed by atoms with Crippen molar-refractivity contribution in [2.45, 2.75) is 0 Å². The smallest absolute Gasteiger partial charge is 0.136 e. The molecule has 0 aliphatic heterocycles. The molecule has 12 heteroatoms. The van der Waals surface area contributed by atoms with Gasteiger partial charge in [0.2, 0.25) is 0 Å². The minimum Gasteiger partial charge on any atom is -0.456 e. The van der Waals surface area contributed by atoms with Gasteiger partial charge in [0.25, 0.3) is 0 Å². The summed E-state index contributed by atoms with van der Waals surface area (Å²) in [7, 11) is 0. The molecule has 12 heterocycles. The van der Waals surface area contributed by atoms with Crippen LogP contribution in [0.15, 0.2) is 432 Å². The molecule has 0 spiro atoms. The molecule has 0 bridgehead atoms. The highest BCUT2D eigenvalue weighted by Gasteiger charge is 2.27. The molecule has 0 unspecified atom stereocenters. The Balaban J connectivity index is 0.0000000959. The van der Waals surface area contributed by atoms with Crippen molar-refractivity contribution in [1.29, 1.82) is 0 Å². The van der Waals surface area contributed by atoms with E-state index in [-0.39, 0.29) is 0 Å². The van der Waals surface area contributed by atoms with Crippen LogP contribution >= 0.6 is 68.0 Å². The van der Waals surface area contributed by atoms with Gasteiger partial charge in [0.1, 0.15) is 33.5 Å². The Hall–Kier alpha value is -16.3. The molecule has 0 aliphatic carbocycles. The Bertz CT molecular complexity index is 10800. The van der Waals surface area contributed by atoms with Gasteiger partial charge in [-0.05, 0) is 174 Å². The molecular weight excluding hydrogens is 1800 g/mol. The van der Waals surface area contributed by atoms with Gasteiger partial charge in [0.15, 0.2) is 0 Å². The van der Waals surface area contributed by atoms with E-state index in [9.17, 15) is 0 Å². The number of fused-ring (bicyclic) bond motifs is 37. The van der Waals surface area contributed by atoms with Crippen LogP contribution in [0.5, 0.6) is 0 Å². The summed E-state index contributed by atoms with van der Waals surface area (Å²) >= 11 is 11.3. The molecule has 642 valence electrons. The molecule has 0 fully saturated rings. The number of aromatic nitrogens is 3. The number of rotatable bonds is 6. The molecule has 33 rings (SSSR count). The normalized spacial score (nSPS) is 12.3. The van der Waals surface area contributed by atoms with Gasteiger partial charge in [-0.2, -0.15) is 0 Å². The van der Waals surface area contributed by atoms with Crippen molar-refractivity contribution in [1.82, 2.24) is 13.7 Å². The number of para-hydroxylation sites is 6. The molecule has 0 amide bonds. The third-order valence-corrected chi connectivity index (χ3v) is 35.9. The van der Waals surface area contributed by atoms with Crippen molar-refractivity contribution in [3.05, 3.63) is 419 Å². The van der Waals surface area contributed by atoms with Gasteiger partial charge < -0.3 is 27.0 Å². The first-order valence-corrected chi connectivity index (χ1v) is 51.4. The number of benzene rings is 21. The maximum Gasteiger partial charge on any atom is 0.136 e. The second-order valence-corrected chi connectivity index (χ2v) is 42.5. The average molecular weight is 1870 g/mol. The van der Waals surface area contributed by atoms with Crippen LogP contribution in [-0.4, -0.2) is 13.7 Å². The molecule has 0 aliphatic rings. The summed E-state index contributed by atoms with van der Waals surface area (Å²) < 4.78 is 42.0. The lowest BCUT2D eigenvalue weighted by atomic mass is 9.98. The number of furan rings is 3. The van der Waals surface area contributed by atoms with E-state index in [0.29, 0.717) is 0 Å². The first-order valence-electron chi connectivity index (χ1n) is 46.5. The highest BCUT2D eigenvalue weighted by atomic mass is 32.1. The Labute approximate surface area is 809 Å². The van der Waals surface area contributed by atoms with Crippen LogP contribution in [0.1, 0.15) is 0 Å². The minimum absolute atomic E-state index is 0.928. The maximum absolute atomic E-state index is 6.26. The molecule has 138 heavy (non-hydrogen) atoms. The number of hydrogen-bond donors (Lipinski definition) is 0. The Morgan fingerprint density at radius 1 is 0.138 bits per heavy atom. The SMILES string of the molecule is c1ccc2c(c1)oc1cccc(-c3cccc4c3sc3ccc(-n5c6ccccc6c6c7sc8ccccc8c7ccc65)cc34)c12.c1ccc2c(c1)oc1cccc(-c3cccc4c3sc3ccc(-n5c6ccccc6c6cc7c(cc65)sc5ccccc57)cc34)c12.c1ccc2c(c1)oc1cccc(-c3cccc4c3sc3ccc(-n5c6ccccc6c6cc7sc8ccccc8c7cc65)cc34)c12. The van der Waals surface area contributed by atoms with Crippen LogP contribution < -0.4 is 0 Å². The van der Waals surface area contributed by atoms with Crippen molar-refractivity contribution < 1.29 is 13.3 Å². The average Bonchev–Trinajstić information content (AvgIpc) is 1.56. The molecule has 0 radical (unpaired) electrons. The summed E-state index contributed by atoms with van der Waals surface area (Å²) in [6.45, 7) is 0. The van der Waals surface area contributed by atoms with Gasteiger partial charge in [-0.15, -0.1) is 68.0 Å². The van der Waals surface area contributed by atoms with Crippen molar-refractivity contribution in [2.75, 3.05) is 0 Å². The monoisotopic (exact) mass is 1860 g/mol. The lowest BCUT2D eigenvalue weighted by Gasteiger charge is -2.09. The topological polar surface area (TPSA) is 54.2 Å². The molecule has 12 aromatic heterocycles. The Morgan fingerprint density at radius 2 is 0.435 bits per heavy atom. The molecule has 0 saturated heterocycles. The van der Waals surface area contributed by atoms with Crippen LogP contribution in [0.4, 0.5) is 0 Å². The Morgan fingerprint density at radius 3 is 0.891 bits per heavy atom. The minimum atomic E-state index is 0.928. The van der Waals surface area contributed by atoms with E-state index in [1.165, 1.54) is 253 Å². The van der Waals surface area contributed by atoms with Crippen LogP contribution in [0.25, 0.3) is 303 Å². The molecule has 21 aromatic carbocycles. The predicted molar refractivity (Wildman–Crippen MR) is 598 cm³/mol. The van der Waals surface area contributed by atoms with Gasteiger partial charge in [-0.3, -0.25) is 0 Å². The van der Waals surface area contributed by atoms with Gasteiger partial charge in [-0.25, -0.2) is 0 Å². The number of hydrogen-bond acceptors (Lipinski definition) is 9. The third kappa shape index (κ3) is 11.3. The van der Waals surface area contributed by atoms with E-state index >= 15 is 0 Å². The molecule has 0 N–H and O–H groups in total. The number of nitrogens with zero attached hydrogens (tertiary/aromatic N) is 3. The summed E-state index contributed by atoms with van der Waals surface area (Å²) in [5.74, 6) is 0. The molecule has 33 aromatic rings. The lowest BCUT2D eigenvalue weighted by Crippen LogP contribution is -1.93. The van der Waals surface area contributed by atoms with E-state index < -0.39 is 0 Å². The van der Waals surface area contributed by atoms with Gasteiger partial charge in [0, 0.05) is 219 Å². The van der Waals surface area contributed by atoms with Crippen LogP contribution in [0.3, 0.4) is 0 Å². The summed E-state index contributed by atoms with van der Waals surface area (Å²) in [4.78, 5) is 0. The summed E-state index contributed by atoms with van der Waals surface area (Å²) in [6.07, 6.45) is 0. The first-order chi connectivity index (χ1) is 68.4. The molecular formula is C126H69N3O3S6. The van der Waals surface area contributed by atoms with E-state index in [4.69, 9.17) is 13.3 Å². The fraction of sp³-hybridized carbons (Fsp3) is 0. The highest BCUT2D eigenvalue weighted by molar-refractivity contribution is 7.28. The summed E-state index contributed by atoms with van der Waals surface area (Å²) in [5, 5.41) is 30.6. The van der Waals surface area contributed by atoms with Crippen molar-refractivity contribution in [2.24, 2.45) is 0 Å². The quantitative estimate of drug-likeness (QED) is 0.167. The largest absolute Gasteiger partial charge is 0.456 e. The predicted octanol–water partition coefficient (Wildman–Crippen LogP) is 39.3. The fourth-order valence-electron chi connectivity index (χ4n) is 22.9. The standard InChI is InChI=1S/3C42H23NOS2/c1-4-15-33-30(10-1)40-34(21-20-29-25-9-3-6-18-37(25)46-42(29)40)43(33)24-19-22-38-32(23-24)28-14-7-13-27(41(28)45-38)26-12-8-17-36-39(26)31-11-2-5-16-35(31)44-36;1-4-15-34-25(9-1)31-23-40-33(26-10-3-6-18-38(26)45-40)22-35(31)43(34)24-19-20-39-32(21-24)29-14-7-13-28(42(29)46-39)27-12-8-17-37-41(27)30-11-2-5-16-36(30)44-37;1-4-15-34-25(9-1)31-22-33-26-10-3-6-18-38(26)45-40(33)23-35(31)43(34)24-19-20-39-32(21-24)29-14-7-13-28(42(29)46-39)27-12-8-17-37-41(27)30-11-2-5-16-36(30)44-37/h3*1-23H. The van der Waals surface area contributed by atoms with Crippen molar-refractivity contribution >= 4 is 320 Å². The van der Waals surface area contributed by atoms with Crippen LogP contribution in [-0.2, 0) is 0 Å². The molecule has 0 atom stereocenters. The van der Waals surface area contributed by atoms with Crippen molar-refractivity contribution in [3.8, 4) is 50.4 Å². The second-order valence-electron chi connectivity index (χ2n) is 36.1. The zero-order valence-corrected chi connectivity index (χ0v) is 78.3. The van der Waals surface area contributed by atoms with Gasteiger partial charge >= 0.3 is 0 Å². The van der Waals surface area contributed by atoms with Gasteiger partial charge in [0.05, 0.1) is 33.1 Å². The van der Waals surface area contributed by atoms with E-state index in [0.717, 1.165) is 49.7 Å². The Kier molecular flexibility index (Phi) is 16.5. The van der Waals surface area contributed by atoms with Gasteiger partial charge in [-0.1, -0.05) is 261 Å². The summed E-state index contributed by atoms with van der Waals surface area (Å²) in [5.41, 5.74) is 24.0. The zero-order valence-electron chi connectivity index (χ0n) is 73.4. The lowest BCUT2D eigenvalue weighted by molar-refractivity contribution is 0.668. The fourth-order valence-corrected chi connectivity index (χ4v) is 30.0. The second kappa shape index (κ2) is 29.6. The van der Waals surface area contributed by atoms with Crippen LogP contribution in [0, 0.1) is 0 Å². The van der Waals surface area contributed by atoms with Crippen LogP contribution in [0.2, 0.25) is 0 Å². The van der Waals surface area contributed by atoms with Crippen molar-refractivity contribution in [3.63, 3.8) is 0 Å². The number of thiophene rings is 6. The zero-order chi connectivity index (χ0) is 89.8. The first kappa shape index (κ1) is 77.1. The molecule has 0 saturated carbocycles. The highest BCUT2D eigenvalue weighted by Crippen LogP contribution is 2.53. The third-order valence-electron chi connectivity index (χ3n) is 28.8. The maximum atomic E-state index is 6.26.